The van der Waals surface area contributed by atoms with E-state index in [0.717, 1.165) is 22.1 Å². The van der Waals surface area contributed by atoms with Crippen molar-refractivity contribution in [1.82, 2.24) is 10.2 Å². The van der Waals surface area contributed by atoms with E-state index in [9.17, 15) is 4.79 Å². The number of carbonyl (C=O) groups is 1. The van der Waals surface area contributed by atoms with Crippen LogP contribution < -0.4 is 11.1 Å². The molecule has 6 heteroatoms. The number of amides is 1. The van der Waals surface area contributed by atoms with Gasteiger partial charge < -0.3 is 11.1 Å². The first-order valence-corrected chi connectivity index (χ1v) is 7.24. The Balaban J connectivity index is 1.91. The lowest BCUT2D eigenvalue weighted by atomic mass is 10.2. The van der Waals surface area contributed by atoms with E-state index in [1.807, 2.05) is 24.1 Å². The molecule has 18 heavy (non-hydrogen) atoms. The van der Waals surface area contributed by atoms with E-state index in [1.54, 1.807) is 0 Å². The van der Waals surface area contributed by atoms with Gasteiger partial charge in [0.2, 0.25) is 5.91 Å². The van der Waals surface area contributed by atoms with Gasteiger partial charge in [0.1, 0.15) is 0 Å². The summed E-state index contributed by atoms with van der Waals surface area (Å²) in [5.41, 5.74) is 5.79. The van der Waals surface area contributed by atoms with E-state index in [1.165, 1.54) is 11.3 Å². The first kappa shape index (κ1) is 13.8. The number of thiophene rings is 1. The normalized spacial score (nSPS) is 16.9. The van der Waals surface area contributed by atoms with Crippen LogP contribution in [0.25, 0.3) is 0 Å². The molecule has 1 aliphatic rings. The number of nitrogens with one attached hydrogen (secondary N) is 1. The summed E-state index contributed by atoms with van der Waals surface area (Å²) in [6.45, 7) is 0.845. The quantitative estimate of drug-likeness (QED) is 0.836. The van der Waals surface area contributed by atoms with Crippen molar-refractivity contribution in [2.24, 2.45) is 5.73 Å². The zero-order chi connectivity index (χ0) is 13.1. The summed E-state index contributed by atoms with van der Waals surface area (Å²) >= 11 is 7.44. The second kappa shape index (κ2) is 6.02. The number of nitrogens with two attached hydrogens (primary N) is 1. The van der Waals surface area contributed by atoms with Gasteiger partial charge in [0.05, 0.1) is 16.9 Å². The molecule has 0 aromatic carbocycles. The first-order valence-electron chi connectivity index (χ1n) is 6.05. The molecule has 0 spiro atoms. The van der Waals surface area contributed by atoms with Crippen LogP contribution in [0.3, 0.4) is 0 Å². The molecule has 2 rings (SSSR count). The molecule has 0 aliphatic heterocycles. The first-order chi connectivity index (χ1) is 8.60. The Kier molecular flexibility index (Phi) is 4.61. The third kappa shape index (κ3) is 3.68. The summed E-state index contributed by atoms with van der Waals surface area (Å²) in [6, 6.07) is 4.29. The van der Waals surface area contributed by atoms with Crippen molar-refractivity contribution in [2.45, 2.75) is 24.9 Å². The van der Waals surface area contributed by atoms with Gasteiger partial charge in [-0.1, -0.05) is 11.6 Å². The standard InChI is InChI=1S/C12H18ClN3OS/c1-16(7-12(17)15-8-2-3-8)9(6-14)10-4-5-11(13)18-10/h4-5,8-9H,2-3,6-7,14H2,1H3,(H,15,17). The molecule has 1 saturated carbocycles. The van der Waals surface area contributed by atoms with Gasteiger partial charge >= 0.3 is 0 Å². The zero-order valence-electron chi connectivity index (χ0n) is 10.4. The van der Waals surface area contributed by atoms with Gasteiger partial charge in [0, 0.05) is 17.5 Å². The lowest BCUT2D eigenvalue weighted by Gasteiger charge is -2.25. The second-order valence-corrected chi connectivity index (χ2v) is 6.40. The van der Waals surface area contributed by atoms with Gasteiger partial charge in [-0.25, -0.2) is 0 Å². The van der Waals surface area contributed by atoms with Crippen LogP contribution in [0.1, 0.15) is 23.8 Å². The number of rotatable bonds is 6. The van der Waals surface area contributed by atoms with Crippen molar-refractivity contribution < 1.29 is 4.79 Å². The lowest BCUT2D eigenvalue weighted by Crippen LogP contribution is -2.39. The van der Waals surface area contributed by atoms with E-state index in [4.69, 9.17) is 17.3 Å². The van der Waals surface area contributed by atoms with E-state index >= 15 is 0 Å². The molecule has 0 bridgehead atoms. The molecule has 4 nitrogen and oxygen atoms in total. The highest BCUT2D eigenvalue weighted by molar-refractivity contribution is 7.16. The molecule has 3 N–H and O–H groups in total. The van der Waals surface area contributed by atoms with Crippen molar-refractivity contribution in [1.29, 1.82) is 0 Å². The molecule has 0 radical (unpaired) electrons. The van der Waals surface area contributed by atoms with E-state index < -0.39 is 0 Å². The molecule has 1 unspecified atom stereocenters. The number of nitrogens with zero attached hydrogens (tertiary/aromatic N) is 1. The van der Waals surface area contributed by atoms with Crippen molar-refractivity contribution in [2.75, 3.05) is 20.1 Å². The Morgan fingerprint density at radius 3 is 2.89 bits per heavy atom. The highest BCUT2D eigenvalue weighted by Gasteiger charge is 2.25. The Morgan fingerprint density at radius 2 is 2.39 bits per heavy atom. The third-order valence-electron chi connectivity index (χ3n) is 3.01. The Labute approximate surface area is 116 Å². The number of hydrogen-bond donors (Lipinski definition) is 2. The monoisotopic (exact) mass is 287 g/mol. The molecule has 100 valence electrons. The molecule has 1 aliphatic carbocycles. The van der Waals surface area contributed by atoms with E-state index in [2.05, 4.69) is 5.32 Å². The summed E-state index contributed by atoms with van der Waals surface area (Å²) in [7, 11) is 1.91. The van der Waals surface area contributed by atoms with Gasteiger partial charge in [-0.15, -0.1) is 11.3 Å². The minimum Gasteiger partial charge on any atom is -0.352 e. The van der Waals surface area contributed by atoms with Gasteiger partial charge in [0.15, 0.2) is 0 Å². The average molecular weight is 288 g/mol. The highest BCUT2D eigenvalue weighted by atomic mass is 35.5. The summed E-state index contributed by atoms with van der Waals surface area (Å²) in [5.74, 6) is 0.0705. The van der Waals surface area contributed by atoms with E-state index in [-0.39, 0.29) is 11.9 Å². The number of hydrogen-bond acceptors (Lipinski definition) is 4. The Hall–Kier alpha value is -0.620. The average Bonchev–Trinajstić information content (AvgIpc) is 3.01. The fourth-order valence-electron chi connectivity index (χ4n) is 1.86. The number of halogens is 1. The zero-order valence-corrected chi connectivity index (χ0v) is 11.9. The van der Waals surface area contributed by atoms with Gasteiger partial charge in [0.25, 0.3) is 0 Å². The predicted octanol–water partition coefficient (Wildman–Crippen LogP) is 1.61. The molecule has 1 amide bonds. The van der Waals surface area contributed by atoms with Crippen LogP contribution in [0, 0.1) is 0 Å². The molecule has 1 aromatic heterocycles. The minimum atomic E-state index is 0.0486. The van der Waals surface area contributed by atoms with E-state index in [0.29, 0.717) is 19.1 Å². The van der Waals surface area contributed by atoms with Crippen LogP contribution in [0.2, 0.25) is 4.34 Å². The van der Waals surface area contributed by atoms with Crippen LogP contribution in [-0.4, -0.2) is 37.0 Å². The van der Waals surface area contributed by atoms with Crippen molar-refractivity contribution in [3.8, 4) is 0 Å². The number of carbonyl (C=O) groups excluding carboxylic acids is 1. The highest BCUT2D eigenvalue weighted by Crippen LogP contribution is 2.29. The lowest BCUT2D eigenvalue weighted by molar-refractivity contribution is -0.122. The largest absolute Gasteiger partial charge is 0.352 e. The van der Waals surface area contributed by atoms with Crippen LogP contribution in [0.5, 0.6) is 0 Å². The summed E-state index contributed by atoms with van der Waals surface area (Å²) in [6.07, 6.45) is 2.21. The smallest absolute Gasteiger partial charge is 0.234 e. The van der Waals surface area contributed by atoms with Gasteiger partial charge in [-0.2, -0.15) is 0 Å². The Bertz CT molecular complexity index is 419. The van der Waals surface area contributed by atoms with Crippen LogP contribution >= 0.6 is 22.9 Å². The molecule has 1 aromatic rings. The third-order valence-corrected chi connectivity index (χ3v) is 4.35. The number of likely N-dealkylation sites (N-methyl/N-ethyl adjacent to an activating group) is 1. The fourth-order valence-corrected chi connectivity index (χ4v) is 3.10. The van der Waals surface area contributed by atoms with Crippen molar-refractivity contribution in [3.05, 3.63) is 21.3 Å². The molecule has 1 atom stereocenters. The van der Waals surface area contributed by atoms with Gasteiger partial charge in [-0.05, 0) is 32.0 Å². The maximum absolute atomic E-state index is 11.7. The summed E-state index contributed by atoms with van der Waals surface area (Å²) < 4.78 is 0.749. The predicted molar refractivity (Wildman–Crippen MR) is 74.9 cm³/mol. The fraction of sp³-hybridized carbons (Fsp3) is 0.583. The topological polar surface area (TPSA) is 58.4 Å². The summed E-state index contributed by atoms with van der Waals surface area (Å²) in [4.78, 5) is 14.8. The maximum Gasteiger partial charge on any atom is 0.234 e. The maximum atomic E-state index is 11.7. The van der Waals surface area contributed by atoms with Gasteiger partial charge in [-0.3, -0.25) is 9.69 Å². The van der Waals surface area contributed by atoms with Crippen LogP contribution in [0.4, 0.5) is 0 Å². The molecule has 0 saturated heterocycles. The molecular formula is C12H18ClN3OS. The summed E-state index contributed by atoms with van der Waals surface area (Å²) in [5, 5.41) is 2.98. The minimum absolute atomic E-state index is 0.0486. The Morgan fingerprint density at radius 1 is 1.67 bits per heavy atom. The molecular weight excluding hydrogens is 270 g/mol. The SMILES string of the molecule is CN(CC(=O)NC1CC1)C(CN)c1ccc(Cl)s1. The van der Waals surface area contributed by atoms with Crippen molar-refractivity contribution >= 4 is 28.8 Å². The van der Waals surface area contributed by atoms with Crippen LogP contribution in [-0.2, 0) is 4.79 Å². The molecule has 1 heterocycles. The second-order valence-electron chi connectivity index (χ2n) is 4.65. The van der Waals surface area contributed by atoms with Crippen molar-refractivity contribution in [3.63, 3.8) is 0 Å². The molecule has 1 fully saturated rings. The van der Waals surface area contributed by atoms with Crippen LogP contribution in [0.15, 0.2) is 12.1 Å².